The van der Waals surface area contributed by atoms with E-state index < -0.39 is 0 Å². The smallest absolute Gasteiger partial charge is 0.319 e. The van der Waals surface area contributed by atoms with Crippen molar-refractivity contribution in [1.29, 1.82) is 0 Å². The summed E-state index contributed by atoms with van der Waals surface area (Å²) in [5.41, 5.74) is 1.62. The fourth-order valence-electron chi connectivity index (χ4n) is 1.98. The Hall–Kier alpha value is -1.75. The van der Waals surface area contributed by atoms with Gasteiger partial charge in [-0.2, -0.15) is 0 Å². The van der Waals surface area contributed by atoms with Crippen molar-refractivity contribution in [2.24, 2.45) is 5.41 Å². The molecule has 0 aliphatic rings. The summed E-state index contributed by atoms with van der Waals surface area (Å²) < 4.78 is 5.18. The number of methoxy groups -OCH3 is 1. The van der Waals surface area contributed by atoms with Gasteiger partial charge in [0, 0.05) is 18.8 Å². The van der Waals surface area contributed by atoms with Gasteiger partial charge < -0.3 is 20.5 Å². The first-order chi connectivity index (χ1) is 9.88. The predicted molar refractivity (Wildman–Crippen MR) is 84.9 cm³/mol. The van der Waals surface area contributed by atoms with Gasteiger partial charge in [-0.15, -0.1) is 0 Å². The zero-order valence-electron chi connectivity index (χ0n) is 13.3. The zero-order valence-corrected chi connectivity index (χ0v) is 13.3. The van der Waals surface area contributed by atoms with Crippen LogP contribution < -0.4 is 15.4 Å². The Morgan fingerprint density at radius 2 is 2.10 bits per heavy atom. The average molecular weight is 294 g/mol. The molecule has 0 aliphatic carbocycles. The Balaban J connectivity index is 2.36. The highest BCUT2D eigenvalue weighted by atomic mass is 16.5. The van der Waals surface area contributed by atoms with Gasteiger partial charge in [0.25, 0.3) is 0 Å². The number of aliphatic hydroxyl groups excluding tert-OH is 1. The summed E-state index contributed by atoms with van der Waals surface area (Å²) in [6.45, 7) is 6.69. The van der Waals surface area contributed by atoms with E-state index in [1.54, 1.807) is 13.2 Å². The van der Waals surface area contributed by atoms with Crippen LogP contribution in [0.4, 0.5) is 10.5 Å². The Labute approximate surface area is 126 Å². The van der Waals surface area contributed by atoms with E-state index in [9.17, 15) is 4.79 Å². The third-order valence-electron chi connectivity index (χ3n) is 3.40. The van der Waals surface area contributed by atoms with E-state index in [0.717, 1.165) is 29.8 Å². The molecule has 0 atom stereocenters. The minimum atomic E-state index is -0.221. The number of aliphatic hydroxyl groups is 1. The van der Waals surface area contributed by atoms with E-state index in [1.807, 2.05) is 32.9 Å². The third-order valence-corrected chi connectivity index (χ3v) is 3.40. The van der Waals surface area contributed by atoms with E-state index in [4.69, 9.17) is 9.84 Å². The summed E-state index contributed by atoms with van der Waals surface area (Å²) in [6, 6.07) is 5.28. The normalized spacial score (nSPS) is 11.1. The van der Waals surface area contributed by atoms with Crippen molar-refractivity contribution in [2.75, 3.05) is 25.6 Å². The maximum absolute atomic E-state index is 11.8. The Morgan fingerprint density at radius 1 is 1.38 bits per heavy atom. The second-order valence-corrected chi connectivity index (χ2v) is 5.99. The molecule has 118 valence electrons. The molecule has 0 aliphatic heterocycles. The van der Waals surface area contributed by atoms with Crippen molar-refractivity contribution in [3.8, 4) is 5.75 Å². The monoisotopic (exact) mass is 294 g/mol. The summed E-state index contributed by atoms with van der Waals surface area (Å²) in [4.78, 5) is 11.8. The molecule has 5 nitrogen and oxygen atoms in total. The first kappa shape index (κ1) is 17.3. The number of ether oxygens (including phenoxy) is 1. The molecule has 0 saturated heterocycles. The average Bonchev–Trinajstić information content (AvgIpc) is 2.44. The van der Waals surface area contributed by atoms with Gasteiger partial charge in [-0.3, -0.25) is 0 Å². The molecule has 0 unspecified atom stereocenters. The molecule has 0 bridgehead atoms. The van der Waals surface area contributed by atoms with E-state index >= 15 is 0 Å². The SMILES string of the molecule is COc1ccc(NC(=O)NCCCC(C)(C)CO)cc1C. The Kier molecular flexibility index (Phi) is 6.49. The summed E-state index contributed by atoms with van der Waals surface area (Å²) in [5.74, 6) is 0.798. The van der Waals surface area contributed by atoms with Crippen LogP contribution >= 0.6 is 0 Å². The quantitative estimate of drug-likeness (QED) is 0.677. The van der Waals surface area contributed by atoms with Crippen LogP contribution in [0, 0.1) is 12.3 Å². The number of amides is 2. The van der Waals surface area contributed by atoms with E-state index in [2.05, 4.69) is 10.6 Å². The fraction of sp³-hybridized carbons (Fsp3) is 0.562. The largest absolute Gasteiger partial charge is 0.496 e. The minimum Gasteiger partial charge on any atom is -0.496 e. The number of nitrogens with one attached hydrogen (secondary N) is 2. The Morgan fingerprint density at radius 3 is 2.67 bits per heavy atom. The maximum Gasteiger partial charge on any atom is 0.319 e. The van der Waals surface area contributed by atoms with Crippen molar-refractivity contribution in [3.63, 3.8) is 0 Å². The van der Waals surface area contributed by atoms with Crippen LogP contribution in [-0.2, 0) is 0 Å². The highest BCUT2D eigenvalue weighted by Gasteiger charge is 2.15. The molecule has 1 aromatic carbocycles. The number of aryl methyl sites for hydroxylation is 1. The molecule has 3 N–H and O–H groups in total. The van der Waals surface area contributed by atoms with Crippen molar-refractivity contribution in [2.45, 2.75) is 33.6 Å². The summed E-state index contributed by atoms with van der Waals surface area (Å²) in [7, 11) is 1.62. The van der Waals surface area contributed by atoms with Gasteiger partial charge in [0.2, 0.25) is 0 Å². The number of hydrogen-bond acceptors (Lipinski definition) is 3. The molecule has 2 amide bonds. The molecule has 0 radical (unpaired) electrons. The molecule has 5 heteroatoms. The molecule has 1 rings (SSSR count). The first-order valence-corrected chi connectivity index (χ1v) is 7.18. The van der Waals surface area contributed by atoms with Gasteiger partial charge in [-0.25, -0.2) is 4.79 Å². The van der Waals surface area contributed by atoms with Crippen LogP contribution in [0.3, 0.4) is 0 Å². The Bertz CT molecular complexity index is 473. The lowest BCUT2D eigenvalue weighted by Crippen LogP contribution is -2.30. The second kappa shape index (κ2) is 7.88. The second-order valence-electron chi connectivity index (χ2n) is 5.99. The predicted octanol–water partition coefficient (Wildman–Crippen LogP) is 2.92. The van der Waals surface area contributed by atoms with Crippen LogP contribution in [0.1, 0.15) is 32.3 Å². The van der Waals surface area contributed by atoms with Crippen LogP contribution in [0.2, 0.25) is 0 Å². The van der Waals surface area contributed by atoms with Crippen LogP contribution in [0.15, 0.2) is 18.2 Å². The molecule has 0 aromatic heterocycles. The summed E-state index contributed by atoms with van der Waals surface area (Å²) in [6.07, 6.45) is 1.70. The number of anilines is 1. The van der Waals surface area contributed by atoms with Crippen LogP contribution in [0.5, 0.6) is 5.75 Å². The number of urea groups is 1. The van der Waals surface area contributed by atoms with Gasteiger partial charge in [-0.1, -0.05) is 13.8 Å². The highest BCUT2D eigenvalue weighted by molar-refractivity contribution is 5.89. The standard InChI is InChI=1S/C16H26N2O3/c1-12-10-13(6-7-14(12)21-4)18-15(20)17-9-5-8-16(2,3)11-19/h6-7,10,19H,5,8-9,11H2,1-4H3,(H2,17,18,20). The third kappa shape index (κ3) is 6.04. The number of hydrogen-bond donors (Lipinski definition) is 3. The molecular weight excluding hydrogens is 268 g/mol. The molecule has 1 aromatic rings. The molecule has 0 saturated carbocycles. The van der Waals surface area contributed by atoms with Crippen molar-refractivity contribution < 1.29 is 14.6 Å². The molecule has 0 heterocycles. The summed E-state index contributed by atoms with van der Waals surface area (Å²) >= 11 is 0. The molecule has 0 fully saturated rings. The number of rotatable bonds is 7. The van der Waals surface area contributed by atoms with Crippen molar-refractivity contribution in [3.05, 3.63) is 23.8 Å². The van der Waals surface area contributed by atoms with Gasteiger partial charge in [0.1, 0.15) is 5.75 Å². The zero-order chi connectivity index (χ0) is 15.9. The van der Waals surface area contributed by atoms with Crippen molar-refractivity contribution in [1.82, 2.24) is 5.32 Å². The van der Waals surface area contributed by atoms with E-state index in [-0.39, 0.29) is 18.1 Å². The fourth-order valence-corrected chi connectivity index (χ4v) is 1.98. The minimum absolute atomic E-state index is 0.0920. The van der Waals surface area contributed by atoms with E-state index in [1.165, 1.54) is 0 Å². The number of benzene rings is 1. The first-order valence-electron chi connectivity index (χ1n) is 7.18. The topological polar surface area (TPSA) is 70.6 Å². The van der Waals surface area contributed by atoms with Gasteiger partial charge in [-0.05, 0) is 48.9 Å². The summed E-state index contributed by atoms with van der Waals surface area (Å²) in [5, 5.41) is 14.8. The van der Waals surface area contributed by atoms with E-state index in [0.29, 0.717) is 6.54 Å². The van der Waals surface area contributed by atoms with Crippen LogP contribution in [-0.4, -0.2) is 31.4 Å². The number of carbonyl (C=O) groups excluding carboxylic acids is 1. The van der Waals surface area contributed by atoms with Gasteiger partial charge >= 0.3 is 6.03 Å². The molecular formula is C16H26N2O3. The lowest BCUT2D eigenvalue weighted by molar-refractivity contribution is 0.148. The lowest BCUT2D eigenvalue weighted by Gasteiger charge is -2.21. The van der Waals surface area contributed by atoms with Crippen LogP contribution in [0.25, 0.3) is 0 Å². The number of carbonyl (C=O) groups is 1. The highest BCUT2D eigenvalue weighted by Crippen LogP contribution is 2.21. The van der Waals surface area contributed by atoms with Gasteiger partial charge in [0.05, 0.1) is 7.11 Å². The molecule has 0 spiro atoms. The van der Waals surface area contributed by atoms with Gasteiger partial charge in [0.15, 0.2) is 0 Å². The lowest BCUT2D eigenvalue weighted by atomic mass is 9.89. The molecule has 21 heavy (non-hydrogen) atoms. The van der Waals surface area contributed by atoms with Crippen molar-refractivity contribution >= 4 is 11.7 Å². The maximum atomic E-state index is 11.8.